The van der Waals surface area contributed by atoms with Crippen molar-refractivity contribution in [3.63, 3.8) is 0 Å². The second kappa shape index (κ2) is 7.47. The fourth-order valence-corrected chi connectivity index (χ4v) is 4.81. The molecule has 3 heterocycles. The molecule has 0 unspecified atom stereocenters. The van der Waals surface area contributed by atoms with Crippen LogP contribution in [0.25, 0.3) is 0 Å². The van der Waals surface area contributed by atoms with Gasteiger partial charge in [0.05, 0.1) is 11.6 Å². The summed E-state index contributed by atoms with van der Waals surface area (Å²) >= 11 is 1.78. The molecule has 0 spiro atoms. The van der Waals surface area contributed by atoms with Crippen molar-refractivity contribution in [1.29, 1.82) is 0 Å². The predicted octanol–water partition coefficient (Wildman–Crippen LogP) is 2.72. The van der Waals surface area contributed by atoms with E-state index in [1.807, 2.05) is 17.2 Å². The van der Waals surface area contributed by atoms with Crippen LogP contribution in [0, 0.1) is 6.92 Å². The number of thiazole rings is 1. The van der Waals surface area contributed by atoms with Gasteiger partial charge in [-0.3, -0.25) is 14.6 Å². The predicted molar refractivity (Wildman–Crippen MR) is 106 cm³/mol. The smallest absolute Gasteiger partial charge is 0.241 e. The minimum Gasteiger partial charge on any atom is -0.311 e. The largest absolute Gasteiger partial charge is 0.311 e. The fraction of sp³-hybridized carbons (Fsp3) is 0.500. The van der Waals surface area contributed by atoms with Gasteiger partial charge in [0.25, 0.3) is 0 Å². The summed E-state index contributed by atoms with van der Waals surface area (Å²) in [4.78, 5) is 25.3. The van der Waals surface area contributed by atoms with Crippen LogP contribution in [-0.2, 0) is 11.2 Å². The van der Waals surface area contributed by atoms with Gasteiger partial charge in [-0.25, -0.2) is 4.98 Å². The van der Waals surface area contributed by atoms with Crippen molar-refractivity contribution in [2.45, 2.75) is 26.3 Å². The summed E-state index contributed by atoms with van der Waals surface area (Å²) in [6.07, 6.45) is 2.98. The van der Waals surface area contributed by atoms with Crippen LogP contribution < -0.4 is 4.90 Å². The van der Waals surface area contributed by atoms with Crippen LogP contribution in [0.3, 0.4) is 0 Å². The molecule has 1 aromatic carbocycles. The van der Waals surface area contributed by atoms with Gasteiger partial charge in [0.1, 0.15) is 0 Å². The lowest BCUT2D eigenvalue weighted by Gasteiger charge is -2.37. The standard InChI is InChI=1S/C20H26N4OS/c1-15(19-13-21-16(2)26-19)23-11-9-22(10-12-23)14-20(25)24-8-7-17-5-3-4-6-18(17)24/h3-6,13,15H,7-12,14H2,1-2H3/t15-/m0/s1. The topological polar surface area (TPSA) is 39.7 Å². The van der Waals surface area contributed by atoms with Crippen molar-refractivity contribution >= 4 is 22.9 Å². The zero-order chi connectivity index (χ0) is 18.1. The van der Waals surface area contributed by atoms with Crippen LogP contribution >= 0.6 is 11.3 Å². The average molecular weight is 371 g/mol. The number of hydrogen-bond acceptors (Lipinski definition) is 5. The Hall–Kier alpha value is -1.76. The van der Waals surface area contributed by atoms with Gasteiger partial charge < -0.3 is 4.90 Å². The Bertz CT molecular complexity index is 782. The number of rotatable bonds is 4. The number of anilines is 1. The van der Waals surface area contributed by atoms with Gasteiger partial charge in [0.15, 0.2) is 0 Å². The molecule has 2 aromatic rings. The molecule has 0 N–H and O–H groups in total. The van der Waals surface area contributed by atoms with Gasteiger partial charge in [-0.05, 0) is 31.9 Å². The highest BCUT2D eigenvalue weighted by molar-refractivity contribution is 7.11. The van der Waals surface area contributed by atoms with Gasteiger partial charge >= 0.3 is 0 Å². The Morgan fingerprint density at radius 2 is 1.96 bits per heavy atom. The Kier molecular flexibility index (Phi) is 5.07. The minimum atomic E-state index is 0.231. The number of aryl methyl sites for hydroxylation is 1. The fourth-order valence-electron chi connectivity index (χ4n) is 3.93. The van der Waals surface area contributed by atoms with E-state index < -0.39 is 0 Å². The molecule has 0 radical (unpaired) electrons. The molecule has 1 fully saturated rings. The first-order valence-electron chi connectivity index (χ1n) is 9.39. The molecule has 138 valence electrons. The van der Waals surface area contributed by atoms with Crippen LogP contribution in [0.15, 0.2) is 30.5 Å². The number of para-hydroxylation sites is 1. The number of fused-ring (bicyclic) bond motifs is 1. The van der Waals surface area contributed by atoms with E-state index in [0.29, 0.717) is 12.6 Å². The number of benzene rings is 1. The zero-order valence-electron chi connectivity index (χ0n) is 15.5. The summed E-state index contributed by atoms with van der Waals surface area (Å²) in [6, 6.07) is 8.68. The lowest BCUT2D eigenvalue weighted by molar-refractivity contribution is -0.120. The second-order valence-corrected chi connectivity index (χ2v) is 8.46. The van der Waals surface area contributed by atoms with Gasteiger partial charge in [-0.1, -0.05) is 18.2 Å². The number of carbonyl (C=O) groups excluding carboxylic acids is 1. The molecule has 1 amide bonds. The maximum absolute atomic E-state index is 12.8. The number of carbonyl (C=O) groups is 1. The summed E-state index contributed by atoms with van der Waals surface area (Å²) in [6.45, 7) is 9.56. The third-order valence-corrected chi connectivity index (χ3v) is 6.64. The average Bonchev–Trinajstić information content (AvgIpc) is 3.28. The molecule has 2 aliphatic heterocycles. The number of hydrogen-bond donors (Lipinski definition) is 0. The maximum Gasteiger partial charge on any atom is 0.241 e. The SMILES string of the molecule is Cc1ncc([C@H](C)N2CCN(CC(=O)N3CCc4ccccc43)CC2)s1. The summed E-state index contributed by atoms with van der Waals surface area (Å²) in [5.74, 6) is 0.231. The Labute approximate surface area is 159 Å². The highest BCUT2D eigenvalue weighted by Gasteiger charge is 2.28. The van der Waals surface area contributed by atoms with Crippen LogP contribution in [0.4, 0.5) is 5.69 Å². The second-order valence-electron chi connectivity index (χ2n) is 7.19. The molecule has 0 bridgehead atoms. The third-order valence-electron chi connectivity index (χ3n) is 5.55. The molecule has 6 heteroatoms. The third kappa shape index (κ3) is 3.54. The molecule has 2 aliphatic rings. The van der Waals surface area contributed by atoms with Gasteiger partial charge in [0, 0.05) is 55.5 Å². The van der Waals surface area contributed by atoms with Crippen LogP contribution in [-0.4, -0.2) is 60.0 Å². The summed E-state index contributed by atoms with van der Waals surface area (Å²) in [5, 5.41) is 1.13. The zero-order valence-corrected chi connectivity index (χ0v) is 16.3. The first-order valence-corrected chi connectivity index (χ1v) is 10.2. The Morgan fingerprint density at radius 3 is 2.69 bits per heavy atom. The monoisotopic (exact) mass is 370 g/mol. The quantitative estimate of drug-likeness (QED) is 0.830. The van der Waals surface area contributed by atoms with Crippen molar-refractivity contribution < 1.29 is 4.79 Å². The first-order chi connectivity index (χ1) is 12.6. The van der Waals surface area contributed by atoms with Crippen LogP contribution in [0.1, 0.15) is 28.4 Å². The van der Waals surface area contributed by atoms with Gasteiger partial charge in [0.2, 0.25) is 5.91 Å². The van der Waals surface area contributed by atoms with E-state index in [-0.39, 0.29) is 5.91 Å². The highest BCUT2D eigenvalue weighted by atomic mass is 32.1. The molecular formula is C20H26N4OS. The lowest BCUT2D eigenvalue weighted by atomic mass is 10.2. The van der Waals surface area contributed by atoms with E-state index in [1.165, 1.54) is 10.4 Å². The van der Waals surface area contributed by atoms with Crippen LogP contribution in [0.2, 0.25) is 0 Å². The van der Waals surface area contributed by atoms with E-state index in [9.17, 15) is 4.79 Å². The number of amides is 1. The van der Waals surface area contributed by atoms with E-state index in [1.54, 1.807) is 11.3 Å². The molecule has 5 nitrogen and oxygen atoms in total. The molecule has 4 rings (SSSR count). The number of aromatic nitrogens is 1. The minimum absolute atomic E-state index is 0.231. The Balaban J connectivity index is 1.31. The van der Waals surface area contributed by atoms with Crippen molar-refractivity contribution in [2.24, 2.45) is 0 Å². The molecule has 1 saturated heterocycles. The van der Waals surface area contributed by atoms with E-state index in [0.717, 1.165) is 49.8 Å². The molecular weight excluding hydrogens is 344 g/mol. The lowest BCUT2D eigenvalue weighted by Crippen LogP contribution is -2.50. The molecule has 0 saturated carbocycles. The molecule has 26 heavy (non-hydrogen) atoms. The van der Waals surface area contributed by atoms with Crippen LogP contribution in [0.5, 0.6) is 0 Å². The summed E-state index contributed by atoms with van der Waals surface area (Å²) in [7, 11) is 0. The molecule has 1 atom stereocenters. The molecule has 1 aromatic heterocycles. The Morgan fingerprint density at radius 1 is 1.19 bits per heavy atom. The number of nitrogens with zero attached hydrogens (tertiary/aromatic N) is 4. The summed E-state index contributed by atoms with van der Waals surface area (Å²) in [5.41, 5.74) is 2.39. The normalized spacial score (nSPS) is 19.5. The van der Waals surface area contributed by atoms with Crippen molar-refractivity contribution in [1.82, 2.24) is 14.8 Å². The van der Waals surface area contributed by atoms with E-state index in [2.05, 4.69) is 46.8 Å². The van der Waals surface area contributed by atoms with Crippen molar-refractivity contribution in [3.05, 3.63) is 45.9 Å². The van der Waals surface area contributed by atoms with Gasteiger partial charge in [-0.2, -0.15) is 0 Å². The first kappa shape index (κ1) is 17.6. The highest BCUT2D eigenvalue weighted by Crippen LogP contribution is 2.28. The molecule has 0 aliphatic carbocycles. The number of piperazine rings is 1. The van der Waals surface area contributed by atoms with E-state index in [4.69, 9.17) is 0 Å². The van der Waals surface area contributed by atoms with E-state index >= 15 is 0 Å². The summed E-state index contributed by atoms with van der Waals surface area (Å²) < 4.78 is 0. The van der Waals surface area contributed by atoms with Crippen molar-refractivity contribution in [3.8, 4) is 0 Å². The van der Waals surface area contributed by atoms with Crippen molar-refractivity contribution in [2.75, 3.05) is 44.2 Å². The van der Waals surface area contributed by atoms with Gasteiger partial charge in [-0.15, -0.1) is 11.3 Å². The maximum atomic E-state index is 12.8.